The van der Waals surface area contributed by atoms with Gasteiger partial charge in [-0.2, -0.15) is 0 Å². The fourth-order valence-electron chi connectivity index (χ4n) is 5.36. The first-order chi connectivity index (χ1) is 14.2. The maximum Gasteiger partial charge on any atom is 0.123 e. The highest BCUT2D eigenvalue weighted by Gasteiger charge is 2.27. The van der Waals surface area contributed by atoms with E-state index >= 15 is 0 Å². The lowest BCUT2D eigenvalue weighted by Crippen LogP contribution is -2.18. The van der Waals surface area contributed by atoms with Crippen LogP contribution in [0.25, 0.3) is 11.1 Å². The lowest BCUT2D eigenvalue weighted by Gasteiger charge is -2.31. The summed E-state index contributed by atoms with van der Waals surface area (Å²) < 4.78 is 13.6. The van der Waals surface area contributed by atoms with E-state index < -0.39 is 0 Å². The second-order valence-corrected chi connectivity index (χ2v) is 8.34. The zero-order chi connectivity index (χ0) is 20.0. The number of benzene rings is 3. The van der Waals surface area contributed by atoms with Crippen molar-refractivity contribution in [2.24, 2.45) is 5.73 Å². The largest absolute Gasteiger partial charge is 0.388 e. The summed E-state index contributed by atoms with van der Waals surface area (Å²) in [5, 5.41) is 3.21. The Hall–Kier alpha value is -2.65. The van der Waals surface area contributed by atoms with E-state index in [0.717, 1.165) is 43.4 Å². The number of aryl methyl sites for hydroxylation is 1. The van der Waals surface area contributed by atoms with E-state index in [4.69, 9.17) is 5.73 Å². The van der Waals surface area contributed by atoms with Crippen molar-refractivity contribution in [2.45, 2.75) is 44.6 Å². The molecule has 3 aromatic rings. The first-order valence-corrected chi connectivity index (χ1v) is 10.6. The van der Waals surface area contributed by atoms with Crippen molar-refractivity contribution in [3.05, 3.63) is 87.7 Å². The lowest BCUT2D eigenvalue weighted by molar-refractivity contribution is 0.576. The van der Waals surface area contributed by atoms with Gasteiger partial charge in [0.25, 0.3) is 0 Å². The number of nitrogens with one attached hydrogen (secondary N) is 1. The molecule has 0 spiro atoms. The van der Waals surface area contributed by atoms with Crippen LogP contribution in [0, 0.1) is 5.82 Å². The van der Waals surface area contributed by atoms with Gasteiger partial charge in [-0.3, -0.25) is 0 Å². The topological polar surface area (TPSA) is 38.0 Å². The summed E-state index contributed by atoms with van der Waals surface area (Å²) in [7, 11) is 1.95. The second kappa shape index (κ2) is 7.31. The van der Waals surface area contributed by atoms with Crippen molar-refractivity contribution in [1.82, 2.24) is 0 Å². The van der Waals surface area contributed by atoms with E-state index in [2.05, 4.69) is 35.6 Å². The lowest BCUT2D eigenvalue weighted by atomic mass is 9.73. The molecule has 0 aliphatic heterocycles. The molecule has 0 fully saturated rings. The summed E-state index contributed by atoms with van der Waals surface area (Å²) in [6.45, 7) is 0.575. The first-order valence-electron chi connectivity index (χ1n) is 10.6. The predicted molar refractivity (Wildman–Crippen MR) is 118 cm³/mol. The molecule has 0 bridgehead atoms. The summed E-state index contributed by atoms with van der Waals surface area (Å²) in [6.07, 6.45) is 5.29. The van der Waals surface area contributed by atoms with Crippen LogP contribution in [0.3, 0.4) is 0 Å². The van der Waals surface area contributed by atoms with Gasteiger partial charge in [-0.1, -0.05) is 24.3 Å². The van der Waals surface area contributed by atoms with E-state index in [1.807, 2.05) is 13.1 Å². The van der Waals surface area contributed by atoms with Crippen LogP contribution in [0.2, 0.25) is 0 Å². The highest BCUT2D eigenvalue weighted by molar-refractivity contribution is 5.75. The summed E-state index contributed by atoms with van der Waals surface area (Å²) >= 11 is 0. The molecule has 0 amide bonds. The number of hydrogen-bond acceptors (Lipinski definition) is 2. The van der Waals surface area contributed by atoms with E-state index in [0.29, 0.717) is 12.5 Å². The predicted octanol–water partition coefficient (Wildman–Crippen LogP) is 5.36. The molecule has 0 heterocycles. The summed E-state index contributed by atoms with van der Waals surface area (Å²) in [4.78, 5) is 0. The van der Waals surface area contributed by atoms with E-state index in [1.165, 1.54) is 38.9 Å². The molecular formula is C26H27FN2. The van der Waals surface area contributed by atoms with Crippen LogP contribution in [0.5, 0.6) is 0 Å². The van der Waals surface area contributed by atoms with Gasteiger partial charge in [-0.25, -0.2) is 4.39 Å². The molecule has 3 aromatic carbocycles. The minimum Gasteiger partial charge on any atom is -0.388 e. The fourth-order valence-corrected chi connectivity index (χ4v) is 5.36. The minimum atomic E-state index is -0.131. The molecule has 1 unspecified atom stereocenters. The van der Waals surface area contributed by atoms with Crippen LogP contribution in [-0.2, 0) is 32.2 Å². The van der Waals surface area contributed by atoms with E-state index in [-0.39, 0.29) is 5.82 Å². The van der Waals surface area contributed by atoms with Crippen LogP contribution >= 0.6 is 0 Å². The third kappa shape index (κ3) is 3.14. The van der Waals surface area contributed by atoms with Crippen molar-refractivity contribution in [1.29, 1.82) is 0 Å². The van der Waals surface area contributed by atoms with Crippen LogP contribution in [0.4, 0.5) is 10.1 Å². The van der Waals surface area contributed by atoms with Crippen molar-refractivity contribution in [3.63, 3.8) is 0 Å². The first kappa shape index (κ1) is 18.4. The number of fused-ring (bicyclic) bond motifs is 5. The van der Waals surface area contributed by atoms with Gasteiger partial charge < -0.3 is 11.1 Å². The SMILES string of the molecule is CNc1ccc(C2CCc3c(ccc4c3CCc3cc(F)ccc3-4)C2)c(CN)c1. The average molecular weight is 387 g/mol. The van der Waals surface area contributed by atoms with Gasteiger partial charge >= 0.3 is 0 Å². The Morgan fingerprint density at radius 1 is 0.931 bits per heavy atom. The van der Waals surface area contributed by atoms with Gasteiger partial charge in [-0.05, 0) is 107 Å². The third-order valence-corrected chi connectivity index (χ3v) is 6.83. The molecule has 0 radical (unpaired) electrons. The third-order valence-electron chi connectivity index (χ3n) is 6.83. The number of hydrogen-bond donors (Lipinski definition) is 2. The smallest absolute Gasteiger partial charge is 0.123 e. The van der Waals surface area contributed by atoms with Crippen molar-refractivity contribution in [2.75, 3.05) is 12.4 Å². The van der Waals surface area contributed by atoms with Crippen LogP contribution in [-0.4, -0.2) is 7.05 Å². The van der Waals surface area contributed by atoms with Gasteiger partial charge in [-0.15, -0.1) is 0 Å². The molecule has 0 saturated heterocycles. The number of rotatable bonds is 3. The number of anilines is 1. The molecule has 29 heavy (non-hydrogen) atoms. The maximum atomic E-state index is 13.6. The van der Waals surface area contributed by atoms with Crippen molar-refractivity contribution in [3.8, 4) is 11.1 Å². The molecule has 2 nitrogen and oxygen atoms in total. The van der Waals surface area contributed by atoms with Crippen LogP contribution in [0.15, 0.2) is 48.5 Å². The zero-order valence-electron chi connectivity index (χ0n) is 16.9. The Morgan fingerprint density at radius 3 is 2.62 bits per heavy atom. The normalized spacial score (nSPS) is 17.3. The highest BCUT2D eigenvalue weighted by Crippen LogP contribution is 2.42. The average Bonchev–Trinajstić information content (AvgIpc) is 2.77. The molecule has 0 aromatic heterocycles. The van der Waals surface area contributed by atoms with Gasteiger partial charge in [0, 0.05) is 19.3 Å². The Labute approximate surface area is 172 Å². The molecule has 3 heteroatoms. The molecule has 2 aliphatic rings. The summed E-state index contributed by atoms with van der Waals surface area (Å²) in [5.74, 6) is 0.392. The van der Waals surface area contributed by atoms with Crippen LogP contribution < -0.4 is 11.1 Å². The summed E-state index contributed by atoms with van der Waals surface area (Å²) in [6, 6.07) is 16.4. The molecule has 148 valence electrons. The maximum absolute atomic E-state index is 13.6. The van der Waals surface area contributed by atoms with E-state index in [1.54, 1.807) is 12.1 Å². The molecular weight excluding hydrogens is 359 g/mol. The Kier molecular flexibility index (Phi) is 4.63. The van der Waals surface area contributed by atoms with Crippen molar-refractivity contribution < 1.29 is 4.39 Å². The van der Waals surface area contributed by atoms with Gasteiger partial charge in [0.2, 0.25) is 0 Å². The highest BCUT2D eigenvalue weighted by atomic mass is 19.1. The van der Waals surface area contributed by atoms with Crippen LogP contribution in [0.1, 0.15) is 45.7 Å². The van der Waals surface area contributed by atoms with Gasteiger partial charge in [0.15, 0.2) is 0 Å². The van der Waals surface area contributed by atoms with Gasteiger partial charge in [0.05, 0.1) is 0 Å². The Bertz CT molecular complexity index is 1090. The quantitative estimate of drug-likeness (QED) is 0.636. The summed E-state index contributed by atoms with van der Waals surface area (Å²) in [5.41, 5.74) is 18.0. The molecule has 2 aliphatic carbocycles. The van der Waals surface area contributed by atoms with E-state index in [9.17, 15) is 4.39 Å². The Balaban J connectivity index is 1.50. The monoisotopic (exact) mass is 386 g/mol. The number of nitrogens with two attached hydrogens (primary N) is 1. The zero-order valence-corrected chi connectivity index (χ0v) is 16.9. The second-order valence-electron chi connectivity index (χ2n) is 8.34. The minimum absolute atomic E-state index is 0.131. The molecule has 5 rings (SSSR count). The fraction of sp³-hybridized carbons (Fsp3) is 0.308. The molecule has 3 N–H and O–H groups in total. The van der Waals surface area contributed by atoms with Gasteiger partial charge in [0.1, 0.15) is 5.82 Å². The standard InChI is InChI=1S/C26H27FN2/c1-29-21-6-11-22(19(14-21)15-28)16-2-7-23-17(12-16)3-8-26-24-10-5-20(27)13-18(24)4-9-25(23)26/h3,5-6,8,10-11,13-14,16,29H,2,4,7,9,12,15,28H2,1H3. The number of halogens is 1. The molecule has 0 saturated carbocycles. The Morgan fingerprint density at radius 2 is 1.79 bits per heavy atom. The van der Waals surface area contributed by atoms with Crippen molar-refractivity contribution >= 4 is 5.69 Å². The molecule has 1 atom stereocenters.